The van der Waals surface area contributed by atoms with Crippen LogP contribution in [0.5, 0.6) is 5.75 Å². The summed E-state index contributed by atoms with van der Waals surface area (Å²) in [5, 5.41) is 0. The summed E-state index contributed by atoms with van der Waals surface area (Å²) in [7, 11) is 1.61. The van der Waals surface area contributed by atoms with Crippen LogP contribution in [0.2, 0.25) is 0 Å². The summed E-state index contributed by atoms with van der Waals surface area (Å²) >= 11 is 0. The Labute approximate surface area is 147 Å². The number of methoxy groups -OCH3 is 1. The molecular formula is C20H23FN2O2. The van der Waals surface area contributed by atoms with Crippen molar-refractivity contribution in [3.05, 3.63) is 65.5 Å². The van der Waals surface area contributed by atoms with E-state index in [4.69, 9.17) is 4.74 Å². The Morgan fingerprint density at radius 1 is 1.08 bits per heavy atom. The van der Waals surface area contributed by atoms with Crippen molar-refractivity contribution in [2.24, 2.45) is 0 Å². The number of carbonyl (C=O) groups is 1. The van der Waals surface area contributed by atoms with Crippen LogP contribution in [0.3, 0.4) is 0 Å². The van der Waals surface area contributed by atoms with Crippen LogP contribution in [0.15, 0.2) is 48.5 Å². The Kier molecular flexibility index (Phi) is 5.66. The van der Waals surface area contributed by atoms with Crippen LogP contribution in [0, 0.1) is 5.82 Å². The third-order valence-corrected chi connectivity index (χ3v) is 4.60. The van der Waals surface area contributed by atoms with Crippen molar-refractivity contribution in [1.29, 1.82) is 0 Å². The molecule has 1 aliphatic rings. The number of ether oxygens (including phenoxy) is 1. The molecule has 0 spiro atoms. The van der Waals surface area contributed by atoms with Gasteiger partial charge < -0.3 is 9.64 Å². The summed E-state index contributed by atoms with van der Waals surface area (Å²) in [6.45, 7) is 4.00. The number of nitrogens with zero attached hydrogens (tertiary/aromatic N) is 2. The molecule has 1 fully saturated rings. The van der Waals surface area contributed by atoms with Gasteiger partial charge in [0, 0.05) is 38.3 Å². The first-order valence-corrected chi connectivity index (χ1v) is 8.56. The second-order valence-corrected chi connectivity index (χ2v) is 6.24. The molecule has 1 heterocycles. The van der Waals surface area contributed by atoms with Crippen molar-refractivity contribution in [3.63, 3.8) is 0 Å². The van der Waals surface area contributed by atoms with E-state index in [1.54, 1.807) is 31.4 Å². The van der Waals surface area contributed by atoms with E-state index in [0.717, 1.165) is 37.4 Å². The van der Waals surface area contributed by atoms with Gasteiger partial charge in [-0.05, 0) is 48.4 Å². The maximum absolute atomic E-state index is 13.2. The third-order valence-electron chi connectivity index (χ3n) is 4.60. The number of rotatable bonds is 5. The van der Waals surface area contributed by atoms with Crippen LogP contribution in [0.4, 0.5) is 4.39 Å². The zero-order valence-electron chi connectivity index (χ0n) is 14.5. The lowest BCUT2D eigenvalue weighted by Gasteiger charge is -2.34. The van der Waals surface area contributed by atoms with Gasteiger partial charge in [0.05, 0.1) is 7.11 Å². The molecule has 5 heteroatoms. The molecule has 4 nitrogen and oxygen atoms in total. The van der Waals surface area contributed by atoms with Crippen LogP contribution in [-0.2, 0) is 6.42 Å². The van der Waals surface area contributed by atoms with E-state index in [9.17, 15) is 9.18 Å². The average molecular weight is 342 g/mol. The standard InChI is InChI=1S/C20H23FN2O2/c1-25-19-7-5-17(6-8-19)20(24)23-13-11-22(12-14-23)10-9-16-3-2-4-18(21)15-16/h2-8,15H,9-14H2,1H3. The van der Waals surface area contributed by atoms with Crippen molar-refractivity contribution in [2.45, 2.75) is 6.42 Å². The number of piperazine rings is 1. The molecule has 1 aliphatic heterocycles. The molecule has 2 aromatic carbocycles. The fourth-order valence-corrected chi connectivity index (χ4v) is 3.07. The monoisotopic (exact) mass is 342 g/mol. The summed E-state index contributed by atoms with van der Waals surface area (Å²) in [6.07, 6.45) is 0.824. The van der Waals surface area contributed by atoms with Gasteiger partial charge in [-0.3, -0.25) is 9.69 Å². The van der Waals surface area contributed by atoms with Gasteiger partial charge in [-0.25, -0.2) is 4.39 Å². The first-order chi connectivity index (χ1) is 12.2. The Bertz CT molecular complexity index is 710. The summed E-state index contributed by atoms with van der Waals surface area (Å²) in [5.74, 6) is 0.624. The smallest absolute Gasteiger partial charge is 0.253 e. The number of hydrogen-bond donors (Lipinski definition) is 0. The Morgan fingerprint density at radius 2 is 1.80 bits per heavy atom. The number of halogens is 1. The third kappa shape index (κ3) is 4.57. The fraction of sp³-hybridized carbons (Fsp3) is 0.350. The van der Waals surface area contributed by atoms with E-state index in [1.807, 2.05) is 23.1 Å². The second-order valence-electron chi connectivity index (χ2n) is 6.24. The van der Waals surface area contributed by atoms with Gasteiger partial charge in [0.15, 0.2) is 0 Å². The van der Waals surface area contributed by atoms with Gasteiger partial charge >= 0.3 is 0 Å². The first-order valence-electron chi connectivity index (χ1n) is 8.56. The molecule has 1 amide bonds. The Hall–Kier alpha value is -2.40. The van der Waals surface area contributed by atoms with Crippen LogP contribution >= 0.6 is 0 Å². The molecule has 25 heavy (non-hydrogen) atoms. The molecule has 3 rings (SSSR count). The Balaban J connectivity index is 1.48. The summed E-state index contributed by atoms with van der Waals surface area (Å²) < 4.78 is 18.3. The largest absolute Gasteiger partial charge is 0.497 e. The highest BCUT2D eigenvalue weighted by molar-refractivity contribution is 5.94. The molecular weight excluding hydrogens is 319 g/mol. The molecule has 0 bridgehead atoms. The highest BCUT2D eigenvalue weighted by Gasteiger charge is 2.21. The topological polar surface area (TPSA) is 32.8 Å². The fourth-order valence-electron chi connectivity index (χ4n) is 3.07. The van der Waals surface area contributed by atoms with Crippen LogP contribution < -0.4 is 4.74 Å². The molecule has 0 radical (unpaired) electrons. The molecule has 2 aromatic rings. The lowest BCUT2D eigenvalue weighted by Crippen LogP contribution is -2.49. The zero-order chi connectivity index (χ0) is 17.6. The van der Waals surface area contributed by atoms with E-state index < -0.39 is 0 Å². The zero-order valence-corrected chi connectivity index (χ0v) is 14.5. The van der Waals surface area contributed by atoms with Gasteiger partial charge in [-0.1, -0.05) is 12.1 Å². The average Bonchev–Trinajstić information content (AvgIpc) is 2.66. The predicted octanol–water partition coefficient (Wildman–Crippen LogP) is 2.83. The SMILES string of the molecule is COc1ccc(C(=O)N2CCN(CCc3cccc(F)c3)CC2)cc1. The van der Waals surface area contributed by atoms with E-state index in [2.05, 4.69) is 4.90 Å². The first kappa shape index (κ1) is 17.4. The lowest BCUT2D eigenvalue weighted by atomic mass is 10.1. The van der Waals surface area contributed by atoms with Crippen molar-refractivity contribution in [2.75, 3.05) is 39.8 Å². The molecule has 0 unspecified atom stereocenters. The van der Waals surface area contributed by atoms with Gasteiger partial charge in [0.25, 0.3) is 5.91 Å². The van der Waals surface area contributed by atoms with Crippen molar-refractivity contribution in [3.8, 4) is 5.75 Å². The van der Waals surface area contributed by atoms with E-state index in [0.29, 0.717) is 18.7 Å². The summed E-state index contributed by atoms with van der Waals surface area (Å²) in [4.78, 5) is 16.8. The molecule has 0 N–H and O–H groups in total. The van der Waals surface area contributed by atoms with E-state index in [-0.39, 0.29) is 11.7 Å². The van der Waals surface area contributed by atoms with Crippen molar-refractivity contribution >= 4 is 5.91 Å². The van der Waals surface area contributed by atoms with Gasteiger partial charge in [-0.15, -0.1) is 0 Å². The van der Waals surface area contributed by atoms with Crippen LogP contribution in [0.25, 0.3) is 0 Å². The Morgan fingerprint density at radius 3 is 2.44 bits per heavy atom. The van der Waals surface area contributed by atoms with E-state index >= 15 is 0 Å². The van der Waals surface area contributed by atoms with Gasteiger partial charge in [-0.2, -0.15) is 0 Å². The van der Waals surface area contributed by atoms with Crippen LogP contribution in [-0.4, -0.2) is 55.5 Å². The molecule has 0 aliphatic carbocycles. The van der Waals surface area contributed by atoms with Crippen LogP contribution in [0.1, 0.15) is 15.9 Å². The maximum atomic E-state index is 13.2. The normalized spacial score (nSPS) is 15.2. The molecule has 0 atom stereocenters. The minimum atomic E-state index is -0.188. The summed E-state index contributed by atoms with van der Waals surface area (Å²) in [6, 6.07) is 14.0. The van der Waals surface area contributed by atoms with Crippen molar-refractivity contribution < 1.29 is 13.9 Å². The van der Waals surface area contributed by atoms with E-state index in [1.165, 1.54) is 6.07 Å². The number of carbonyl (C=O) groups excluding carboxylic acids is 1. The van der Waals surface area contributed by atoms with Crippen molar-refractivity contribution in [1.82, 2.24) is 9.80 Å². The molecule has 0 saturated carbocycles. The quantitative estimate of drug-likeness (QED) is 0.838. The molecule has 1 saturated heterocycles. The maximum Gasteiger partial charge on any atom is 0.253 e. The lowest BCUT2D eigenvalue weighted by molar-refractivity contribution is 0.0638. The summed E-state index contributed by atoms with van der Waals surface area (Å²) in [5.41, 5.74) is 1.70. The number of benzene rings is 2. The minimum absolute atomic E-state index is 0.0624. The second kappa shape index (κ2) is 8.12. The molecule has 0 aromatic heterocycles. The minimum Gasteiger partial charge on any atom is -0.497 e. The van der Waals surface area contributed by atoms with Gasteiger partial charge in [0.1, 0.15) is 11.6 Å². The van der Waals surface area contributed by atoms with Gasteiger partial charge in [0.2, 0.25) is 0 Å². The number of amides is 1. The molecule has 132 valence electrons. The number of hydrogen-bond acceptors (Lipinski definition) is 3. The highest BCUT2D eigenvalue weighted by atomic mass is 19.1. The predicted molar refractivity (Wildman–Crippen MR) is 95.4 cm³/mol. The highest BCUT2D eigenvalue weighted by Crippen LogP contribution is 2.14.